The van der Waals surface area contributed by atoms with Crippen molar-refractivity contribution in [1.82, 2.24) is 9.78 Å². The van der Waals surface area contributed by atoms with Crippen molar-refractivity contribution in [3.05, 3.63) is 49.6 Å². The maximum atomic E-state index is 13.3. The van der Waals surface area contributed by atoms with Gasteiger partial charge in [0.15, 0.2) is 0 Å². The van der Waals surface area contributed by atoms with Crippen molar-refractivity contribution in [2.75, 3.05) is 0 Å². The number of rotatable bonds is 4. The zero-order valence-electron chi connectivity index (χ0n) is 10.9. The maximum Gasteiger partial charge on any atom is 0.123 e. The van der Waals surface area contributed by atoms with Gasteiger partial charge in [-0.05, 0) is 59.2 Å². The first-order valence-electron chi connectivity index (χ1n) is 6.24. The molecule has 0 spiro atoms. The van der Waals surface area contributed by atoms with Crippen LogP contribution in [0.2, 0.25) is 5.02 Å². The minimum Gasteiger partial charge on any atom is -0.264 e. The van der Waals surface area contributed by atoms with Crippen LogP contribution in [0.3, 0.4) is 0 Å². The third kappa shape index (κ3) is 3.11. The summed E-state index contributed by atoms with van der Waals surface area (Å²) < 4.78 is 16.4. The highest BCUT2D eigenvalue weighted by Crippen LogP contribution is 2.22. The summed E-state index contributed by atoms with van der Waals surface area (Å²) in [6, 6.07) is 4.44. The average molecular weight is 393 g/mol. The number of hydrogen-bond acceptors (Lipinski definition) is 1. The quantitative estimate of drug-likeness (QED) is 0.703. The lowest BCUT2D eigenvalue weighted by atomic mass is 10.2. The zero-order valence-corrected chi connectivity index (χ0v) is 13.8. The summed E-state index contributed by atoms with van der Waals surface area (Å²) in [5.41, 5.74) is 3.03. The lowest BCUT2D eigenvalue weighted by Gasteiger charge is -2.08. The van der Waals surface area contributed by atoms with Crippen molar-refractivity contribution in [1.29, 1.82) is 0 Å². The smallest absolute Gasteiger partial charge is 0.123 e. The molecule has 19 heavy (non-hydrogen) atoms. The Bertz CT molecular complexity index is 595. The van der Waals surface area contributed by atoms with Gasteiger partial charge in [0.1, 0.15) is 5.82 Å². The first kappa shape index (κ1) is 14.8. The normalized spacial score (nSPS) is 11.0. The van der Waals surface area contributed by atoms with Crippen LogP contribution in [0.25, 0.3) is 0 Å². The fourth-order valence-electron chi connectivity index (χ4n) is 2.05. The molecular formula is C14H15ClFIN2. The molecule has 1 aromatic heterocycles. The number of hydrogen-bond donors (Lipinski definition) is 0. The molecule has 0 saturated heterocycles. The van der Waals surface area contributed by atoms with Crippen LogP contribution >= 0.6 is 34.2 Å². The third-order valence-electron chi connectivity index (χ3n) is 3.06. The predicted molar refractivity (Wildman–Crippen MR) is 84.2 cm³/mol. The van der Waals surface area contributed by atoms with Gasteiger partial charge in [0, 0.05) is 5.02 Å². The Morgan fingerprint density at radius 3 is 2.68 bits per heavy atom. The predicted octanol–water partition coefficient (Wildman–Crippen LogP) is 4.45. The Balaban J connectivity index is 2.40. The van der Waals surface area contributed by atoms with E-state index in [1.54, 1.807) is 6.07 Å². The van der Waals surface area contributed by atoms with Gasteiger partial charge < -0.3 is 0 Å². The van der Waals surface area contributed by atoms with Gasteiger partial charge in [-0.1, -0.05) is 25.4 Å². The molecule has 0 fully saturated rings. The minimum absolute atomic E-state index is 0.269. The Morgan fingerprint density at radius 1 is 1.32 bits per heavy atom. The molecule has 2 rings (SSSR count). The summed E-state index contributed by atoms with van der Waals surface area (Å²) in [6.07, 6.45) is 1.80. The highest BCUT2D eigenvalue weighted by molar-refractivity contribution is 14.1. The van der Waals surface area contributed by atoms with Crippen LogP contribution in [0.5, 0.6) is 0 Å². The molecule has 0 atom stereocenters. The summed E-state index contributed by atoms with van der Waals surface area (Å²) in [5.74, 6) is -0.269. The van der Waals surface area contributed by atoms with Crippen molar-refractivity contribution in [3.63, 3.8) is 0 Å². The van der Waals surface area contributed by atoms with Crippen LogP contribution in [-0.4, -0.2) is 9.78 Å². The highest BCUT2D eigenvalue weighted by atomic mass is 127. The van der Waals surface area contributed by atoms with Crippen LogP contribution in [-0.2, 0) is 19.4 Å². The molecule has 0 amide bonds. The van der Waals surface area contributed by atoms with Gasteiger partial charge >= 0.3 is 0 Å². The Labute approximate surface area is 131 Å². The van der Waals surface area contributed by atoms with E-state index in [9.17, 15) is 4.39 Å². The molecule has 0 aliphatic carbocycles. The van der Waals surface area contributed by atoms with Crippen molar-refractivity contribution in [3.8, 4) is 0 Å². The molecule has 0 aliphatic rings. The van der Waals surface area contributed by atoms with E-state index in [0.717, 1.165) is 24.1 Å². The van der Waals surface area contributed by atoms with Crippen molar-refractivity contribution in [2.45, 2.75) is 33.2 Å². The molecule has 1 heterocycles. The molecule has 102 valence electrons. The topological polar surface area (TPSA) is 17.8 Å². The van der Waals surface area contributed by atoms with E-state index >= 15 is 0 Å². The van der Waals surface area contributed by atoms with E-state index in [4.69, 9.17) is 11.6 Å². The SMILES string of the molecule is CCc1nn(Cc2cc(F)ccc2Cl)c(CC)c1I. The van der Waals surface area contributed by atoms with Gasteiger partial charge in [-0.25, -0.2) is 4.39 Å². The minimum atomic E-state index is -0.269. The average Bonchev–Trinajstić information content (AvgIpc) is 2.69. The number of benzene rings is 1. The number of nitrogens with zero attached hydrogens (tertiary/aromatic N) is 2. The fourth-order valence-corrected chi connectivity index (χ4v) is 3.38. The van der Waals surface area contributed by atoms with Crippen LogP contribution in [0.4, 0.5) is 4.39 Å². The molecule has 0 unspecified atom stereocenters. The van der Waals surface area contributed by atoms with Crippen LogP contribution in [0, 0.1) is 9.39 Å². The molecule has 1 aromatic carbocycles. The third-order valence-corrected chi connectivity index (χ3v) is 4.67. The van der Waals surface area contributed by atoms with E-state index < -0.39 is 0 Å². The van der Waals surface area contributed by atoms with Crippen LogP contribution in [0.15, 0.2) is 18.2 Å². The first-order valence-corrected chi connectivity index (χ1v) is 7.70. The van der Waals surface area contributed by atoms with E-state index in [-0.39, 0.29) is 5.82 Å². The van der Waals surface area contributed by atoms with Crippen molar-refractivity contribution in [2.24, 2.45) is 0 Å². The highest BCUT2D eigenvalue weighted by Gasteiger charge is 2.14. The summed E-state index contributed by atoms with van der Waals surface area (Å²) in [5, 5.41) is 5.17. The van der Waals surface area contributed by atoms with E-state index in [0.29, 0.717) is 11.6 Å². The van der Waals surface area contributed by atoms with E-state index in [1.165, 1.54) is 21.4 Å². The van der Waals surface area contributed by atoms with Crippen molar-refractivity contribution >= 4 is 34.2 Å². The number of aryl methyl sites for hydroxylation is 1. The van der Waals surface area contributed by atoms with Crippen molar-refractivity contribution < 1.29 is 4.39 Å². The zero-order chi connectivity index (χ0) is 14.0. The molecule has 0 N–H and O–H groups in total. The van der Waals surface area contributed by atoms with Gasteiger partial charge in [-0.3, -0.25) is 4.68 Å². The fraction of sp³-hybridized carbons (Fsp3) is 0.357. The lowest BCUT2D eigenvalue weighted by molar-refractivity contribution is 0.611. The van der Waals surface area contributed by atoms with E-state index in [1.807, 2.05) is 4.68 Å². The molecule has 2 aromatic rings. The molecular weight excluding hydrogens is 378 g/mol. The second-order valence-corrected chi connectivity index (χ2v) is 5.79. The summed E-state index contributed by atoms with van der Waals surface area (Å²) >= 11 is 8.44. The molecule has 2 nitrogen and oxygen atoms in total. The van der Waals surface area contributed by atoms with Gasteiger partial charge in [0.2, 0.25) is 0 Å². The number of aromatic nitrogens is 2. The standard InChI is InChI=1S/C14H15ClFIN2/c1-3-12-14(17)13(4-2)19(18-12)8-9-7-10(16)5-6-11(9)15/h5-7H,3-4,8H2,1-2H3. The van der Waals surface area contributed by atoms with Gasteiger partial charge in [-0.15, -0.1) is 0 Å². The molecule has 0 radical (unpaired) electrons. The van der Waals surface area contributed by atoms with Gasteiger partial charge in [-0.2, -0.15) is 5.10 Å². The molecule has 0 aliphatic heterocycles. The second-order valence-electron chi connectivity index (χ2n) is 4.31. The summed E-state index contributed by atoms with van der Waals surface area (Å²) in [4.78, 5) is 0. The maximum absolute atomic E-state index is 13.3. The monoisotopic (exact) mass is 392 g/mol. The van der Waals surface area contributed by atoms with Crippen LogP contribution < -0.4 is 0 Å². The lowest BCUT2D eigenvalue weighted by Crippen LogP contribution is -2.07. The molecule has 0 saturated carbocycles. The van der Waals surface area contributed by atoms with Crippen LogP contribution in [0.1, 0.15) is 30.8 Å². The summed E-state index contributed by atoms with van der Waals surface area (Å²) in [6.45, 7) is 4.70. The van der Waals surface area contributed by atoms with Gasteiger partial charge in [0.05, 0.1) is 21.5 Å². The number of halogens is 3. The molecule has 5 heteroatoms. The Hall–Kier alpha value is -0.620. The Morgan fingerprint density at radius 2 is 2.05 bits per heavy atom. The molecule has 0 bridgehead atoms. The largest absolute Gasteiger partial charge is 0.264 e. The second kappa shape index (κ2) is 6.22. The van der Waals surface area contributed by atoms with Gasteiger partial charge in [0.25, 0.3) is 0 Å². The first-order chi connectivity index (χ1) is 9.06. The summed E-state index contributed by atoms with van der Waals surface area (Å²) in [7, 11) is 0. The van der Waals surface area contributed by atoms with E-state index in [2.05, 4.69) is 41.5 Å². The Kier molecular flexibility index (Phi) is 4.84.